The fourth-order valence-electron chi connectivity index (χ4n) is 5.02. The Labute approximate surface area is 179 Å². The van der Waals surface area contributed by atoms with Crippen LogP contribution in [0.2, 0.25) is 0 Å². The second kappa shape index (κ2) is 10.8. The first-order valence-electron chi connectivity index (χ1n) is 11.3. The van der Waals surface area contributed by atoms with Gasteiger partial charge in [-0.15, -0.1) is 0 Å². The third-order valence-corrected chi connectivity index (χ3v) is 6.91. The zero-order valence-corrected chi connectivity index (χ0v) is 18.3. The maximum absolute atomic E-state index is 12.6. The highest BCUT2D eigenvalue weighted by Gasteiger charge is 2.28. The molecule has 2 amide bonds. The Balaban J connectivity index is 1.37. The third kappa shape index (κ3) is 5.97. The SMILES string of the molecule is COc1ccc([C@H]2CC[C@H](CNC(=O)C3CCC(NC(=O)CO)CC3)CC2)cc1C. The number of benzene rings is 1. The van der Waals surface area contributed by atoms with E-state index in [0.29, 0.717) is 11.8 Å². The van der Waals surface area contributed by atoms with Gasteiger partial charge in [0.25, 0.3) is 0 Å². The normalized spacial score (nSPS) is 26.6. The van der Waals surface area contributed by atoms with E-state index in [9.17, 15) is 9.59 Å². The summed E-state index contributed by atoms with van der Waals surface area (Å²) in [6, 6.07) is 6.61. The average molecular weight is 417 g/mol. The first-order valence-corrected chi connectivity index (χ1v) is 11.3. The van der Waals surface area contributed by atoms with Gasteiger partial charge in [0.1, 0.15) is 12.4 Å². The Morgan fingerprint density at radius 1 is 1.07 bits per heavy atom. The minimum Gasteiger partial charge on any atom is -0.496 e. The van der Waals surface area contributed by atoms with E-state index in [4.69, 9.17) is 9.84 Å². The number of methoxy groups -OCH3 is 1. The number of carbonyl (C=O) groups excluding carboxylic acids is 2. The van der Waals surface area contributed by atoms with Crippen LogP contribution in [0, 0.1) is 18.8 Å². The minimum atomic E-state index is -0.471. The molecule has 0 radical (unpaired) electrons. The van der Waals surface area contributed by atoms with Crippen molar-refractivity contribution in [1.82, 2.24) is 10.6 Å². The molecule has 1 aromatic carbocycles. The van der Waals surface area contributed by atoms with Gasteiger partial charge in [0, 0.05) is 18.5 Å². The molecule has 0 aromatic heterocycles. The zero-order valence-electron chi connectivity index (χ0n) is 18.3. The van der Waals surface area contributed by atoms with Crippen LogP contribution in [0.5, 0.6) is 5.75 Å². The van der Waals surface area contributed by atoms with Crippen LogP contribution in [-0.4, -0.2) is 43.2 Å². The molecule has 0 saturated heterocycles. The lowest BCUT2D eigenvalue weighted by molar-refractivity contribution is -0.126. The van der Waals surface area contributed by atoms with E-state index in [2.05, 4.69) is 35.8 Å². The topological polar surface area (TPSA) is 87.7 Å². The van der Waals surface area contributed by atoms with Crippen LogP contribution in [0.3, 0.4) is 0 Å². The van der Waals surface area contributed by atoms with Gasteiger partial charge in [-0.2, -0.15) is 0 Å². The van der Waals surface area contributed by atoms with Gasteiger partial charge in [-0.3, -0.25) is 9.59 Å². The lowest BCUT2D eigenvalue weighted by atomic mass is 9.78. The van der Waals surface area contributed by atoms with Crippen molar-refractivity contribution in [3.63, 3.8) is 0 Å². The lowest BCUT2D eigenvalue weighted by Crippen LogP contribution is -2.42. The van der Waals surface area contributed by atoms with Gasteiger partial charge in [-0.1, -0.05) is 12.1 Å². The number of amides is 2. The first kappa shape index (κ1) is 22.6. The number of aryl methyl sites for hydroxylation is 1. The van der Waals surface area contributed by atoms with Gasteiger partial charge >= 0.3 is 0 Å². The standard InChI is InChI=1S/C24H36N2O4/c1-16-13-20(9-12-22(16)30-2)18-5-3-17(4-6-18)14-25-24(29)19-7-10-21(11-8-19)26-23(28)15-27/h9,12-13,17-19,21,27H,3-8,10-11,14-15H2,1-2H3,(H,25,29)(H,26,28)/t17-,18-,19?,21?. The van der Waals surface area contributed by atoms with Crippen LogP contribution >= 0.6 is 0 Å². The van der Waals surface area contributed by atoms with Gasteiger partial charge in [-0.25, -0.2) is 0 Å². The fraction of sp³-hybridized carbons (Fsp3) is 0.667. The highest BCUT2D eigenvalue weighted by atomic mass is 16.5. The molecule has 0 unspecified atom stereocenters. The number of ether oxygens (including phenoxy) is 1. The number of aliphatic hydroxyl groups is 1. The highest BCUT2D eigenvalue weighted by Crippen LogP contribution is 2.37. The minimum absolute atomic E-state index is 0.0471. The molecular formula is C24H36N2O4. The molecule has 166 valence electrons. The Morgan fingerprint density at radius 2 is 1.77 bits per heavy atom. The summed E-state index contributed by atoms with van der Waals surface area (Å²) in [5, 5.41) is 14.8. The monoisotopic (exact) mass is 416 g/mol. The summed E-state index contributed by atoms with van der Waals surface area (Å²) >= 11 is 0. The predicted octanol–water partition coefficient (Wildman–Crippen LogP) is 3.06. The van der Waals surface area contributed by atoms with Gasteiger partial charge in [-0.05, 0) is 87.3 Å². The molecule has 2 fully saturated rings. The molecule has 2 aliphatic carbocycles. The van der Waals surface area contributed by atoms with E-state index in [1.807, 2.05) is 0 Å². The molecule has 6 nitrogen and oxygen atoms in total. The first-order chi connectivity index (χ1) is 14.5. The molecule has 0 aliphatic heterocycles. The number of nitrogens with one attached hydrogen (secondary N) is 2. The number of rotatable bonds is 7. The maximum Gasteiger partial charge on any atom is 0.245 e. The summed E-state index contributed by atoms with van der Waals surface area (Å²) in [6.07, 6.45) is 7.83. The molecule has 3 N–H and O–H groups in total. The zero-order chi connectivity index (χ0) is 21.5. The number of hydrogen-bond acceptors (Lipinski definition) is 4. The smallest absolute Gasteiger partial charge is 0.245 e. The van der Waals surface area contributed by atoms with Crippen molar-refractivity contribution in [3.05, 3.63) is 29.3 Å². The van der Waals surface area contributed by atoms with E-state index in [0.717, 1.165) is 50.8 Å². The van der Waals surface area contributed by atoms with E-state index < -0.39 is 6.61 Å². The second-order valence-corrected chi connectivity index (χ2v) is 8.97. The largest absolute Gasteiger partial charge is 0.496 e. The summed E-state index contributed by atoms with van der Waals surface area (Å²) < 4.78 is 5.37. The van der Waals surface area contributed by atoms with Crippen LogP contribution < -0.4 is 15.4 Å². The lowest BCUT2D eigenvalue weighted by Gasteiger charge is -2.31. The molecule has 3 rings (SSSR count). The van der Waals surface area contributed by atoms with Crippen molar-refractivity contribution in [3.8, 4) is 5.75 Å². The molecule has 30 heavy (non-hydrogen) atoms. The molecule has 0 bridgehead atoms. The molecule has 1 aromatic rings. The van der Waals surface area contributed by atoms with Crippen molar-refractivity contribution >= 4 is 11.8 Å². The molecule has 2 saturated carbocycles. The van der Waals surface area contributed by atoms with Crippen LogP contribution in [0.4, 0.5) is 0 Å². The van der Waals surface area contributed by atoms with Crippen LogP contribution in [0.15, 0.2) is 18.2 Å². The number of aliphatic hydroxyl groups excluding tert-OH is 1. The van der Waals surface area contributed by atoms with Gasteiger partial charge in [0.15, 0.2) is 0 Å². The molecule has 0 atom stereocenters. The summed E-state index contributed by atoms with van der Waals surface area (Å²) in [7, 11) is 1.71. The van der Waals surface area contributed by atoms with E-state index in [-0.39, 0.29) is 23.8 Å². The summed E-state index contributed by atoms with van der Waals surface area (Å²) in [4.78, 5) is 23.8. The molecule has 0 heterocycles. The van der Waals surface area contributed by atoms with Crippen LogP contribution in [0.1, 0.15) is 68.4 Å². The third-order valence-electron chi connectivity index (χ3n) is 6.91. The van der Waals surface area contributed by atoms with Gasteiger partial charge < -0.3 is 20.5 Å². The van der Waals surface area contributed by atoms with Crippen molar-refractivity contribution in [1.29, 1.82) is 0 Å². The molecule has 6 heteroatoms. The summed E-state index contributed by atoms with van der Waals surface area (Å²) in [6.45, 7) is 2.40. The number of carbonyl (C=O) groups is 2. The van der Waals surface area contributed by atoms with Crippen molar-refractivity contribution in [2.45, 2.75) is 70.3 Å². The van der Waals surface area contributed by atoms with Gasteiger partial charge in [0.2, 0.25) is 11.8 Å². The number of hydrogen-bond donors (Lipinski definition) is 3. The molecule has 0 spiro atoms. The van der Waals surface area contributed by atoms with Crippen LogP contribution in [-0.2, 0) is 9.59 Å². The Hall–Kier alpha value is -2.08. The Kier molecular flexibility index (Phi) is 8.14. The summed E-state index contributed by atoms with van der Waals surface area (Å²) in [5.74, 6) is 1.99. The van der Waals surface area contributed by atoms with E-state index in [1.165, 1.54) is 24.0 Å². The second-order valence-electron chi connectivity index (χ2n) is 8.97. The quantitative estimate of drug-likeness (QED) is 0.637. The van der Waals surface area contributed by atoms with Gasteiger partial charge in [0.05, 0.1) is 7.11 Å². The summed E-state index contributed by atoms with van der Waals surface area (Å²) in [5.41, 5.74) is 2.59. The van der Waals surface area contributed by atoms with Crippen molar-refractivity contribution < 1.29 is 19.4 Å². The molecular weight excluding hydrogens is 380 g/mol. The molecule has 2 aliphatic rings. The highest BCUT2D eigenvalue weighted by molar-refractivity contribution is 5.79. The average Bonchev–Trinajstić information content (AvgIpc) is 2.78. The van der Waals surface area contributed by atoms with E-state index in [1.54, 1.807) is 7.11 Å². The fourth-order valence-corrected chi connectivity index (χ4v) is 5.02. The van der Waals surface area contributed by atoms with Crippen molar-refractivity contribution in [2.75, 3.05) is 20.3 Å². The Bertz CT molecular complexity index is 720. The van der Waals surface area contributed by atoms with Crippen LogP contribution in [0.25, 0.3) is 0 Å². The maximum atomic E-state index is 12.6. The van der Waals surface area contributed by atoms with E-state index >= 15 is 0 Å². The predicted molar refractivity (Wildman–Crippen MR) is 116 cm³/mol. The Morgan fingerprint density at radius 3 is 2.37 bits per heavy atom. The van der Waals surface area contributed by atoms with Crippen molar-refractivity contribution in [2.24, 2.45) is 11.8 Å².